The summed E-state index contributed by atoms with van der Waals surface area (Å²) in [5.41, 5.74) is -1.03. The molecule has 2 amide bonds. The predicted octanol–water partition coefficient (Wildman–Crippen LogP) is 1.39. The van der Waals surface area contributed by atoms with Gasteiger partial charge in [0, 0.05) is 18.8 Å². The number of rotatable bonds is 6. The van der Waals surface area contributed by atoms with Crippen molar-refractivity contribution in [1.29, 1.82) is 0 Å². The zero-order chi connectivity index (χ0) is 14.3. The summed E-state index contributed by atoms with van der Waals surface area (Å²) in [5, 5.41) is 12.1. The SMILES string of the molecule is C#CCSCCNC(=O)N1CCCC1(CC)C(=O)O. The van der Waals surface area contributed by atoms with Crippen molar-refractivity contribution in [2.75, 3.05) is 24.6 Å². The molecule has 0 aromatic heterocycles. The van der Waals surface area contributed by atoms with E-state index in [1.807, 2.05) is 6.92 Å². The smallest absolute Gasteiger partial charge is 0.329 e. The minimum Gasteiger partial charge on any atom is -0.479 e. The van der Waals surface area contributed by atoms with Gasteiger partial charge in [-0.15, -0.1) is 18.2 Å². The van der Waals surface area contributed by atoms with E-state index in [1.54, 1.807) is 11.8 Å². The van der Waals surface area contributed by atoms with Gasteiger partial charge in [-0.05, 0) is 19.3 Å². The van der Waals surface area contributed by atoms with Crippen molar-refractivity contribution in [1.82, 2.24) is 10.2 Å². The van der Waals surface area contributed by atoms with Gasteiger partial charge in [0.25, 0.3) is 0 Å². The second-order valence-corrected chi connectivity index (χ2v) is 5.54. The first-order chi connectivity index (χ1) is 9.08. The van der Waals surface area contributed by atoms with E-state index in [2.05, 4.69) is 11.2 Å². The number of carbonyl (C=O) groups excluding carboxylic acids is 1. The molecule has 6 heteroatoms. The quantitative estimate of drug-likeness (QED) is 0.571. The highest BCUT2D eigenvalue weighted by atomic mass is 32.2. The first kappa shape index (κ1) is 15.7. The normalized spacial score (nSPS) is 22.0. The molecular weight excluding hydrogens is 264 g/mol. The highest BCUT2D eigenvalue weighted by Crippen LogP contribution is 2.32. The molecule has 0 saturated carbocycles. The third-order valence-corrected chi connectivity index (χ3v) is 4.29. The highest BCUT2D eigenvalue weighted by molar-refractivity contribution is 7.99. The van der Waals surface area contributed by atoms with Gasteiger partial charge in [-0.1, -0.05) is 12.8 Å². The maximum absolute atomic E-state index is 12.1. The highest BCUT2D eigenvalue weighted by Gasteiger charge is 2.48. The molecular formula is C13H20N2O3S. The first-order valence-electron chi connectivity index (χ1n) is 6.38. The molecule has 1 unspecified atom stereocenters. The number of hydrogen-bond acceptors (Lipinski definition) is 3. The second kappa shape index (κ2) is 7.29. The number of carbonyl (C=O) groups is 2. The Kier molecular flexibility index (Phi) is 6.03. The summed E-state index contributed by atoms with van der Waals surface area (Å²) in [7, 11) is 0. The Bertz CT molecular complexity index is 381. The first-order valence-corrected chi connectivity index (χ1v) is 7.54. The number of nitrogens with zero attached hydrogens (tertiary/aromatic N) is 1. The van der Waals surface area contributed by atoms with Crippen LogP contribution >= 0.6 is 11.8 Å². The molecule has 0 aromatic rings. The lowest BCUT2D eigenvalue weighted by molar-refractivity contribution is -0.148. The minimum atomic E-state index is -1.03. The Morgan fingerprint density at radius 3 is 2.89 bits per heavy atom. The van der Waals surface area contributed by atoms with Crippen LogP contribution in [-0.4, -0.2) is 52.1 Å². The number of aliphatic carboxylic acids is 1. The van der Waals surface area contributed by atoms with Crippen molar-refractivity contribution < 1.29 is 14.7 Å². The summed E-state index contributed by atoms with van der Waals surface area (Å²) in [5.74, 6) is 2.95. The van der Waals surface area contributed by atoms with E-state index in [-0.39, 0.29) is 6.03 Å². The van der Waals surface area contributed by atoms with E-state index < -0.39 is 11.5 Å². The molecule has 0 radical (unpaired) electrons. The van der Waals surface area contributed by atoms with Crippen LogP contribution in [0.1, 0.15) is 26.2 Å². The maximum Gasteiger partial charge on any atom is 0.329 e. The summed E-state index contributed by atoms with van der Waals surface area (Å²) in [6, 6.07) is -0.289. The average Bonchev–Trinajstić information content (AvgIpc) is 2.83. The monoisotopic (exact) mass is 284 g/mol. The molecule has 0 bridgehead atoms. The van der Waals surface area contributed by atoms with Crippen molar-refractivity contribution >= 4 is 23.8 Å². The molecule has 5 nitrogen and oxygen atoms in total. The fraction of sp³-hybridized carbons (Fsp3) is 0.692. The van der Waals surface area contributed by atoms with Gasteiger partial charge >= 0.3 is 12.0 Å². The fourth-order valence-electron chi connectivity index (χ4n) is 2.37. The zero-order valence-electron chi connectivity index (χ0n) is 11.1. The lowest BCUT2D eigenvalue weighted by Gasteiger charge is -2.33. The van der Waals surface area contributed by atoms with E-state index in [9.17, 15) is 14.7 Å². The Morgan fingerprint density at radius 1 is 1.58 bits per heavy atom. The van der Waals surface area contributed by atoms with Gasteiger partial charge in [-0.2, -0.15) is 0 Å². The largest absolute Gasteiger partial charge is 0.479 e. The number of likely N-dealkylation sites (tertiary alicyclic amines) is 1. The van der Waals surface area contributed by atoms with Gasteiger partial charge in [0.1, 0.15) is 5.54 Å². The molecule has 1 rings (SSSR count). The number of carboxylic acid groups (broad SMARTS) is 1. The Hall–Kier alpha value is -1.35. The van der Waals surface area contributed by atoms with Gasteiger partial charge in [0.05, 0.1) is 5.75 Å². The summed E-state index contributed by atoms with van der Waals surface area (Å²) in [4.78, 5) is 25.0. The summed E-state index contributed by atoms with van der Waals surface area (Å²) in [6.07, 6.45) is 6.82. The topological polar surface area (TPSA) is 69.6 Å². The van der Waals surface area contributed by atoms with Crippen molar-refractivity contribution in [3.05, 3.63) is 0 Å². The Balaban J connectivity index is 2.51. The lowest BCUT2D eigenvalue weighted by Crippen LogP contribution is -2.55. The molecule has 0 aromatic carbocycles. The molecule has 19 heavy (non-hydrogen) atoms. The molecule has 0 spiro atoms. The van der Waals surface area contributed by atoms with Crippen LogP contribution in [0.15, 0.2) is 0 Å². The lowest BCUT2D eigenvalue weighted by atomic mass is 9.93. The fourth-order valence-corrected chi connectivity index (χ4v) is 2.88. The van der Waals surface area contributed by atoms with E-state index in [4.69, 9.17) is 6.42 Å². The maximum atomic E-state index is 12.1. The van der Waals surface area contributed by atoms with Crippen LogP contribution in [0, 0.1) is 12.3 Å². The third kappa shape index (κ3) is 3.57. The van der Waals surface area contributed by atoms with Gasteiger partial charge in [0.15, 0.2) is 0 Å². The Morgan fingerprint density at radius 2 is 2.32 bits per heavy atom. The molecule has 1 atom stereocenters. The van der Waals surface area contributed by atoms with Gasteiger partial charge in [0.2, 0.25) is 0 Å². The van der Waals surface area contributed by atoms with Gasteiger partial charge < -0.3 is 15.3 Å². The van der Waals surface area contributed by atoms with Crippen LogP contribution in [0.3, 0.4) is 0 Å². The third-order valence-electron chi connectivity index (χ3n) is 3.42. The van der Waals surface area contributed by atoms with Crippen LogP contribution in [-0.2, 0) is 4.79 Å². The molecule has 106 valence electrons. The standard InChI is InChI=1S/C13H20N2O3S/c1-3-9-19-10-7-14-12(18)15-8-5-6-13(15,4-2)11(16)17/h1H,4-10H2,2H3,(H,14,18)(H,16,17). The number of carboxylic acids is 1. The predicted molar refractivity (Wildman–Crippen MR) is 76.2 cm³/mol. The molecule has 2 N–H and O–H groups in total. The van der Waals surface area contributed by atoms with Crippen molar-refractivity contribution in [2.24, 2.45) is 0 Å². The molecule has 1 saturated heterocycles. The van der Waals surface area contributed by atoms with E-state index in [0.717, 1.165) is 12.2 Å². The van der Waals surface area contributed by atoms with Gasteiger partial charge in [-0.25, -0.2) is 9.59 Å². The molecule has 1 aliphatic rings. The summed E-state index contributed by atoms with van der Waals surface area (Å²) >= 11 is 1.56. The number of urea groups is 1. The van der Waals surface area contributed by atoms with E-state index in [1.165, 1.54) is 4.90 Å². The van der Waals surface area contributed by atoms with E-state index >= 15 is 0 Å². The van der Waals surface area contributed by atoms with Crippen LogP contribution in [0.25, 0.3) is 0 Å². The number of terminal acetylenes is 1. The minimum absolute atomic E-state index is 0.289. The van der Waals surface area contributed by atoms with Crippen LogP contribution in [0.2, 0.25) is 0 Å². The molecule has 1 aliphatic heterocycles. The van der Waals surface area contributed by atoms with Crippen molar-refractivity contribution in [3.8, 4) is 12.3 Å². The number of thioether (sulfide) groups is 1. The van der Waals surface area contributed by atoms with Crippen molar-refractivity contribution in [3.63, 3.8) is 0 Å². The second-order valence-electron chi connectivity index (χ2n) is 4.43. The number of hydrogen-bond donors (Lipinski definition) is 2. The van der Waals surface area contributed by atoms with Crippen LogP contribution in [0.4, 0.5) is 4.79 Å². The Labute approximate surface area is 118 Å². The molecule has 1 heterocycles. The average molecular weight is 284 g/mol. The zero-order valence-corrected chi connectivity index (χ0v) is 12.0. The molecule has 0 aliphatic carbocycles. The summed E-state index contributed by atoms with van der Waals surface area (Å²) < 4.78 is 0. The van der Waals surface area contributed by atoms with Gasteiger partial charge in [-0.3, -0.25) is 0 Å². The number of nitrogens with one attached hydrogen (secondary N) is 1. The van der Waals surface area contributed by atoms with Crippen LogP contribution in [0.5, 0.6) is 0 Å². The van der Waals surface area contributed by atoms with Crippen LogP contribution < -0.4 is 5.32 Å². The van der Waals surface area contributed by atoms with Crippen molar-refractivity contribution in [2.45, 2.75) is 31.7 Å². The van der Waals surface area contributed by atoms with E-state index in [0.29, 0.717) is 31.7 Å². The molecule has 1 fully saturated rings. The summed E-state index contributed by atoms with van der Waals surface area (Å²) in [6.45, 7) is 2.81. The number of amides is 2.